The molecule has 0 aliphatic heterocycles. The van der Waals surface area contributed by atoms with Crippen LogP contribution in [-0.2, 0) is 13.1 Å². The average Bonchev–Trinajstić information content (AvgIpc) is 2.49. The van der Waals surface area contributed by atoms with Gasteiger partial charge in [0.1, 0.15) is 5.56 Å². The summed E-state index contributed by atoms with van der Waals surface area (Å²) in [6.07, 6.45) is 3.24. The van der Waals surface area contributed by atoms with Crippen molar-refractivity contribution in [2.75, 3.05) is 0 Å². The van der Waals surface area contributed by atoms with Crippen molar-refractivity contribution in [2.45, 2.75) is 33.9 Å². The number of aromatic hydroxyl groups is 1. The van der Waals surface area contributed by atoms with Crippen molar-refractivity contribution in [1.29, 1.82) is 0 Å². The molecule has 2 aromatic rings. The molecule has 0 saturated heterocycles. The molecule has 0 fully saturated rings. The van der Waals surface area contributed by atoms with Gasteiger partial charge in [0.05, 0.1) is 17.6 Å². The molecule has 2 heterocycles. The fraction of sp³-hybridized carbons (Fsp3) is 0.333. The molecule has 0 aliphatic rings. The molecule has 2 rings (SSSR count). The smallest absolute Gasteiger partial charge is 0.267 e. The first kappa shape index (κ1) is 16.1. The third-order valence-electron chi connectivity index (χ3n) is 3.34. The molecular weight excluding hydrogens is 300 g/mol. The van der Waals surface area contributed by atoms with Gasteiger partial charge in [-0.05, 0) is 45.1 Å². The van der Waals surface area contributed by atoms with E-state index >= 15 is 0 Å². The molecule has 0 aromatic carbocycles. The molecule has 0 unspecified atom stereocenters. The minimum absolute atomic E-state index is 0.146. The first-order valence-corrected chi connectivity index (χ1v) is 7.44. The lowest BCUT2D eigenvalue weighted by Crippen LogP contribution is -2.29. The minimum Gasteiger partial charge on any atom is -0.494 e. The lowest BCUT2D eigenvalue weighted by Gasteiger charge is -2.15. The molecule has 7 heteroatoms. The van der Waals surface area contributed by atoms with Crippen molar-refractivity contribution in [3.05, 3.63) is 45.2 Å². The third kappa shape index (κ3) is 2.85. The summed E-state index contributed by atoms with van der Waals surface area (Å²) in [5.41, 5.74) is 0.878. The average molecular weight is 318 g/mol. The highest BCUT2D eigenvalue weighted by Crippen LogP contribution is 2.18. The molecule has 0 aliphatic carbocycles. The van der Waals surface area contributed by atoms with Crippen molar-refractivity contribution in [1.82, 2.24) is 14.1 Å². The summed E-state index contributed by atoms with van der Waals surface area (Å²) in [4.78, 5) is 20.9. The van der Waals surface area contributed by atoms with E-state index in [-0.39, 0.29) is 17.0 Å². The Bertz CT molecular complexity index is 822. The Morgan fingerprint density at radius 1 is 1.36 bits per heavy atom. The highest BCUT2D eigenvalue weighted by Gasteiger charge is 2.17. The van der Waals surface area contributed by atoms with Crippen LogP contribution < -0.4 is 5.56 Å². The SMILES string of the molecule is CCn1c(O)c(C(C)=Nc2cccnc2)c(=O)n(CC)c1=S. The number of aliphatic imine (C=N–C) groups is 1. The van der Waals surface area contributed by atoms with Crippen molar-refractivity contribution >= 4 is 23.6 Å². The predicted octanol–water partition coefficient (Wildman–Crippen LogP) is 2.66. The molecule has 0 amide bonds. The predicted molar refractivity (Wildman–Crippen MR) is 88.6 cm³/mol. The zero-order valence-electron chi connectivity index (χ0n) is 12.8. The molecule has 1 N–H and O–H groups in total. The van der Waals surface area contributed by atoms with Gasteiger partial charge in [-0.1, -0.05) is 0 Å². The summed E-state index contributed by atoms with van der Waals surface area (Å²) in [5.74, 6) is -0.146. The van der Waals surface area contributed by atoms with Crippen molar-refractivity contribution in [3.8, 4) is 5.88 Å². The van der Waals surface area contributed by atoms with Crippen LogP contribution in [0.3, 0.4) is 0 Å². The van der Waals surface area contributed by atoms with Crippen LogP contribution in [0.2, 0.25) is 0 Å². The van der Waals surface area contributed by atoms with Gasteiger partial charge in [-0.15, -0.1) is 0 Å². The van der Waals surface area contributed by atoms with Gasteiger partial charge in [-0.25, -0.2) is 0 Å². The number of hydrogen-bond acceptors (Lipinski definition) is 5. The fourth-order valence-corrected chi connectivity index (χ4v) is 2.67. The molecule has 0 bridgehead atoms. The van der Waals surface area contributed by atoms with E-state index in [4.69, 9.17) is 12.2 Å². The van der Waals surface area contributed by atoms with Crippen LogP contribution in [0.5, 0.6) is 5.88 Å². The molecule has 116 valence electrons. The van der Waals surface area contributed by atoms with Crippen LogP contribution in [0.15, 0.2) is 34.3 Å². The van der Waals surface area contributed by atoms with Gasteiger partial charge in [-0.3, -0.25) is 23.9 Å². The first-order chi connectivity index (χ1) is 10.5. The summed E-state index contributed by atoms with van der Waals surface area (Å²) in [7, 11) is 0. The largest absolute Gasteiger partial charge is 0.494 e. The van der Waals surface area contributed by atoms with Gasteiger partial charge < -0.3 is 5.11 Å². The summed E-state index contributed by atoms with van der Waals surface area (Å²) >= 11 is 5.26. The monoisotopic (exact) mass is 318 g/mol. The number of nitrogens with zero attached hydrogens (tertiary/aromatic N) is 4. The second kappa shape index (κ2) is 6.65. The van der Waals surface area contributed by atoms with E-state index in [0.29, 0.717) is 29.3 Å². The number of hydrogen-bond donors (Lipinski definition) is 1. The van der Waals surface area contributed by atoms with E-state index in [0.717, 1.165) is 0 Å². The summed E-state index contributed by atoms with van der Waals surface area (Å²) in [6.45, 7) is 6.29. The van der Waals surface area contributed by atoms with E-state index < -0.39 is 0 Å². The van der Waals surface area contributed by atoms with Crippen molar-refractivity contribution in [3.63, 3.8) is 0 Å². The molecular formula is C15H18N4O2S. The van der Waals surface area contributed by atoms with Crippen LogP contribution in [-0.4, -0.2) is 24.9 Å². The molecule has 0 saturated carbocycles. The van der Waals surface area contributed by atoms with E-state index in [1.807, 2.05) is 13.8 Å². The van der Waals surface area contributed by atoms with Crippen LogP contribution >= 0.6 is 12.2 Å². The van der Waals surface area contributed by atoms with Crippen LogP contribution in [0, 0.1) is 4.77 Å². The normalized spacial score (nSPS) is 11.7. The van der Waals surface area contributed by atoms with E-state index in [1.165, 1.54) is 9.13 Å². The van der Waals surface area contributed by atoms with E-state index in [1.54, 1.807) is 31.5 Å². The maximum Gasteiger partial charge on any atom is 0.267 e. The molecule has 6 nitrogen and oxygen atoms in total. The molecule has 2 aromatic heterocycles. The molecule has 22 heavy (non-hydrogen) atoms. The van der Waals surface area contributed by atoms with Crippen LogP contribution in [0.1, 0.15) is 26.3 Å². The number of pyridine rings is 1. The maximum absolute atomic E-state index is 12.6. The summed E-state index contributed by atoms with van der Waals surface area (Å²) in [5, 5.41) is 10.4. The van der Waals surface area contributed by atoms with Gasteiger partial charge in [0.15, 0.2) is 4.77 Å². The molecule has 0 spiro atoms. The van der Waals surface area contributed by atoms with Gasteiger partial charge in [-0.2, -0.15) is 0 Å². The Morgan fingerprint density at radius 3 is 2.59 bits per heavy atom. The first-order valence-electron chi connectivity index (χ1n) is 7.03. The van der Waals surface area contributed by atoms with Crippen LogP contribution in [0.4, 0.5) is 5.69 Å². The Kier molecular flexibility index (Phi) is 4.87. The minimum atomic E-state index is -0.333. The zero-order chi connectivity index (χ0) is 16.3. The van der Waals surface area contributed by atoms with Gasteiger partial charge in [0.25, 0.3) is 5.56 Å². The Hall–Kier alpha value is -2.28. The third-order valence-corrected chi connectivity index (χ3v) is 3.78. The highest BCUT2D eigenvalue weighted by atomic mass is 32.1. The Labute approximate surface area is 133 Å². The molecule has 0 atom stereocenters. The fourth-order valence-electron chi connectivity index (χ4n) is 2.24. The van der Waals surface area contributed by atoms with Gasteiger partial charge in [0, 0.05) is 19.3 Å². The lowest BCUT2D eigenvalue weighted by molar-refractivity contribution is 0.399. The van der Waals surface area contributed by atoms with Crippen LogP contribution in [0.25, 0.3) is 0 Å². The summed E-state index contributed by atoms with van der Waals surface area (Å²) in [6, 6.07) is 3.54. The van der Waals surface area contributed by atoms with Crippen molar-refractivity contribution in [2.24, 2.45) is 4.99 Å². The second-order valence-corrected chi connectivity index (χ2v) is 5.05. The standard InChI is InChI=1S/C15H18N4O2S/c1-4-18-13(20)12(14(21)19(5-2)15(18)22)10(3)17-11-7-6-8-16-9-11/h6-9,20H,4-5H2,1-3H3. The topological polar surface area (TPSA) is 72.4 Å². The van der Waals surface area contributed by atoms with E-state index in [9.17, 15) is 9.90 Å². The van der Waals surface area contributed by atoms with Crippen molar-refractivity contribution < 1.29 is 5.11 Å². The Balaban J connectivity index is 2.73. The lowest BCUT2D eigenvalue weighted by atomic mass is 10.2. The maximum atomic E-state index is 12.6. The second-order valence-electron chi connectivity index (χ2n) is 4.68. The quantitative estimate of drug-likeness (QED) is 0.695. The zero-order valence-corrected chi connectivity index (χ0v) is 13.6. The highest BCUT2D eigenvalue weighted by molar-refractivity contribution is 7.71. The van der Waals surface area contributed by atoms with E-state index in [2.05, 4.69) is 9.98 Å². The number of rotatable bonds is 4. The Morgan fingerprint density at radius 2 is 2.05 bits per heavy atom. The number of aromatic nitrogens is 3. The van der Waals surface area contributed by atoms with Gasteiger partial charge in [0.2, 0.25) is 5.88 Å². The molecule has 0 radical (unpaired) electrons. The summed E-state index contributed by atoms with van der Waals surface area (Å²) < 4.78 is 3.29. The van der Waals surface area contributed by atoms with Gasteiger partial charge >= 0.3 is 0 Å².